The van der Waals surface area contributed by atoms with E-state index in [0.717, 1.165) is 35.5 Å². The molecule has 2 aromatic carbocycles. The number of likely N-dealkylation sites (tertiary alicyclic amines) is 1. The van der Waals surface area contributed by atoms with Crippen LogP contribution in [0.2, 0.25) is 0 Å². The van der Waals surface area contributed by atoms with E-state index in [-0.39, 0.29) is 11.8 Å². The maximum atomic E-state index is 12.9. The number of nitrogens with zero attached hydrogens (tertiary/aromatic N) is 4. The minimum Gasteiger partial charge on any atom is -0.493 e. The van der Waals surface area contributed by atoms with Crippen molar-refractivity contribution >= 4 is 27.5 Å². The molecule has 2 aromatic heterocycles. The van der Waals surface area contributed by atoms with Gasteiger partial charge in [-0.2, -0.15) is 4.98 Å². The maximum Gasteiger partial charge on any atom is 0.227 e. The summed E-state index contributed by atoms with van der Waals surface area (Å²) < 4.78 is 17.2. The van der Waals surface area contributed by atoms with E-state index in [9.17, 15) is 4.79 Å². The molecule has 0 spiro atoms. The first kappa shape index (κ1) is 22.3. The number of ether oxygens (including phenoxy) is 2. The van der Waals surface area contributed by atoms with Gasteiger partial charge in [-0.1, -0.05) is 17.3 Å². The van der Waals surface area contributed by atoms with E-state index in [2.05, 4.69) is 16.2 Å². The molecule has 5 rings (SSSR count). The van der Waals surface area contributed by atoms with E-state index < -0.39 is 0 Å². The number of benzene rings is 2. The number of aryl methyl sites for hydroxylation is 1. The number of hydrogen-bond donors (Lipinski definition) is 0. The van der Waals surface area contributed by atoms with Crippen LogP contribution in [0.5, 0.6) is 11.5 Å². The van der Waals surface area contributed by atoms with Gasteiger partial charge in [0.15, 0.2) is 11.5 Å². The summed E-state index contributed by atoms with van der Waals surface area (Å²) in [5.74, 6) is 2.52. The summed E-state index contributed by atoms with van der Waals surface area (Å²) >= 11 is 1.73. The number of fused-ring (bicyclic) bond motifs is 1. The Morgan fingerprint density at radius 3 is 2.82 bits per heavy atom. The second kappa shape index (κ2) is 9.80. The van der Waals surface area contributed by atoms with Gasteiger partial charge < -0.3 is 18.9 Å². The Kier molecular flexibility index (Phi) is 6.44. The van der Waals surface area contributed by atoms with Crippen LogP contribution in [0.3, 0.4) is 0 Å². The van der Waals surface area contributed by atoms with Crippen LogP contribution < -0.4 is 9.47 Å². The highest BCUT2D eigenvalue weighted by Gasteiger charge is 2.27. The lowest BCUT2D eigenvalue weighted by Gasteiger charge is -2.31. The first-order valence-electron chi connectivity index (χ1n) is 11.3. The van der Waals surface area contributed by atoms with Gasteiger partial charge in [-0.05, 0) is 43.2 Å². The molecule has 9 heteroatoms. The molecular formula is C25H26N4O4S. The fourth-order valence-electron chi connectivity index (χ4n) is 4.29. The summed E-state index contributed by atoms with van der Waals surface area (Å²) in [6.07, 6.45) is 2.78. The highest BCUT2D eigenvalue weighted by Crippen LogP contribution is 2.33. The number of para-hydroxylation sites is 1. The van der Waals surface area contributed by atoms with Crippen LogP contribution in [-0.2, 0) is 11.2 Å². The fourth-order valence-corrected chi connectivity index (χ4v) is 5.38. The molecule has 1 aliphatic rings. The first-order chi connectivity index (χ1) is 16.6. The number of piperidine rings is 1. The van der Waals surface area contributed by atoms with Gasteiger partial charge in [0.1, 0.15) is 0 Å². The van der Waals surface area contributed by atoms with Crippen LogP contribution >= 0.6 is 11.3 Å². The van der Waals surface area contributed by atoms with Crippen molar-refractivity contribution in [3.05, 3.63) is 53.4 Å². The van der Waals surface area contributed by atoms with Gasteiger partial charge in [-0.3, -0.25) is 4.79 Å². The SMILES string of the molecule is COc1ccc(-c2noc(CCC(=O)N3CCCC(c4nc5ccccc5s4)C3)n2)cc1OC. The summed E-state index contributed by atoms with van der Waals surface area (Å²) in [7, 11) is 3.17. The first-order valence-corrected chi connectivity index (χ1v) is 12.1. The molecule has 1 atom stereocenters. The van der Waals surface area contributed by atoms with Crippen LogP contribution in [0.25, 0.3) is 21.6 Å². The Hall–Kier alpha value is -3.46. The second-order valence-corrected chi connectivity index (χ2v) is 9.34. The zero-order valence-corrected chi connectivity index (χ0v) is 20.0. The molecule has 4 aromatic rings. The third kappa shape index (κ3) is 4.61. The van der Waals surface area contributed by atoms with E-state index in [1.54, 1.807) is 37.7 Å². The third-order valence-electron chi connectivity index (χ3n) is 6.10. The molecule has 0 N–H and O–H groups in total. The predicted molar refractivity (Wildman–Crippen MR) is 129 cm³/mol. The number of methoxy groups -OCH3 is 2. The van der Waals surface area contributed by atoms with Gasteiger partial charge in [0.2, 0.25) is 17.6 Å². The van der Waals surface area contributed by atoms with Gasteiger partial charge in [0.05, 0.1) is 29.4 Å². The van der Waals surface area contributed by atoms with Crippen molar-refractivity contribution in [3.63, 3.8) is 0 Å². The number of rotatable bonds is 7. The lowest BCUT2D eigenvalue weighted by molar-refractivity contribution is -0.132. The van der Waals surface area contributed by atoms with Crippen molar-refractivity contribution in [2.75, 3.05) is 27.3 Å². The van der Waals surface area contributed by atoms with Crippen molar-refractivity contribution < 1.29 is 18.8 Å². The van der Waals surface area contributed by atoms with Crippen molar-refractivity contribution in [1.29, 1.82) is 0 Å². The van der Waals surface area contributed by atoms with Crippen molar-refractivity contribution in [2.24, 2.45) is 0 Å². The topological polar surface area (TPSA) is 90.6 Å². The Labute approximate surface area is 201 Å². The normalized spacial score (nSPS) is 16.1. The summed E-state index contributed by atoms with van der Waals surface area (Å²) in [6, 6.07) is 13.6. The zero-order chi connectivity index (χ0) is 23.5. The molecule has 0 aliphatic carbocycles. The molecule has 1 saturated heterocycles. The molecular weight excluding hydrogens is 452 g/mol. The zero-order valence-electron chi connectivity index (χ0n) is 19.2. The number of aromatic nitrogens is 3. The molecule has 0 bridgehead atoms. The number of thiazole rings is 1. The Morgan fingerprint density at radius 2 is 2.00 bits per heavy atom. The quantitative estimate of drug-likeness (QED) is 0.380. The van der Waals surface area contributed by atoms with Gasteiger partial charge in [0.25, 0.3) is 0 Å². The summed E-state index contributed by atoms with van der Waals surface area (Å²) in [5, 5.41) is 5.19. The van der Waals surface area contributed by atoms with Gasteiger partial charge in [-0.15, -0.1) is 11.3 Å². The third-order valence-corrected chi connectivity index (χ3v) is 7.30. The Balaban J connectivity index is 1.20. The molecule has 8 nitrogen and oxygen atoms in total. The van der Waals surface area contributed by atoms with Gasteiger partial charge in [-0.25, -0.2) is 4.98 Å². The van der Waals surface area contributed by atoms with E-state index >= 15 is 0 Å². The fraction of sp³-hybridized carbons (Fsp3) is 0.360. The van der Waals surface area contributed by atoms with E-state index in [1.165, 1.54) is 4.70 Å². The average molecular weight is 479 g/mol. The minimum atomic E-state index is 0.108. The smallest absolute Gasteiger partial charge is 0.227 e. The van der Waals surface area contributed by atoms with Gasteiger partial charge >= 0.3 is 0 Å². The van der Waals surface area contributed by atoms with Crippen LogP contribution in [0.15, 0.2) is 47.0 Å². The van der Waals surface area contributed by atoms with E-state index in [4.69, 9.17) is 19.0 Å². The minimum absolute atomic E-state index is 0.108. The van der Waals surface area contributed by atoms with Crippen LogP contribution in [-0.4, -0.2) is 53.2 Å². The molecule has 34 heavy (non-hydrogen) atoms. The Morgan fingerprint density at radius 1 is 1.15 bits per heavy atom. The van der Waals surface area contributed by atoms with Crippen molar-refractivity contribution in [1.82, 2.24) is 20.0 Å². The monoisotopic (exact) mass is 478 g/mol. The molecule has 0 radical (unpaired) electrons. The molecule has 1 aliphatic heterocycles. The molecule has 1 fully saturated rings. The maximum absolute atomic E-state index is 12.9. The van der Waals surface area contributed by atoms with E-state index in [0.29, 0.717) is 42.6 Å². The van der Waals surface area contributed by atoms with Crippen molar-refractivity contribution in [3.8, 4) is 22.9 Å². The Bertz CT molecular complexity index is 1270. The molecule has 176 valence electrons. The number of amides is 1. The standard InChI is InChI=1S/C25H26N4O4S/c1-31-19-10-9-16(14-20(19)32-2)24-27-22(33-28-24)11-12-23(30)29-13-5-6-17(15-29)25-26-18-7-3-4-8-21(18)34-25/h3-4,7-10,14,17H,5-6,11-13,15H2,1-2H3. The summed E-state index contributed by atoms with van der Waals surface area (Å²) in [6.45, 7) is 1.49. The average Bonchev–Trinajstić information content (AvgIpc) is 3.54. The molecule has 1 unspecified atom stereocenters. The number of carbonyl (C=O) groups is 1. The van der Waals surface area contributed by atoms with Crippen molar-refractivity contribution in [2.45, 2.75) is 31.6 Å². The van der Waals surface area contributed by atoms with Crippen LogP contribution in [0, 0.1) is 0 Å². The lowest BCUT2D eigenvalue weighted by Crippen LogP contribution is -2.39. The largest absolute Gasteiger partial charge is 0.493 e. The van der Waals surface area contributed by atoms with Crippen LogP contribution in [0.4, 0.5) is 0 Å². The van der Waals surface area contributed by atoms with Gasteiger partial charge in [0, 0.05) is 37.4 Å². The van der Waals surface area contributed by atoms with Crippen LogP contribution in [0.1, 0.15) is 36.1 Å². The lowest BCUT2D eigenvalue weighted by atomic mass is 9.98. The second-order valence-electron chi connectivity index (χ2n) is 8.28. The van der Waals surface area contributed by atoms with E-state index in [1.807, 2.05) is 29.2 Å². The number of carbonyl (C=O) groups excluding carboxylic acids is 1. The summed E-state index contributed by atoms with van der Waals surface area (Å²) in [4.78, 5) is 24.2. The molecule has 3 heterocycles. The number of hydrogen-bond acceptors (Lipinski definition) is 8. The highest BCUT2D eigenvalue weighted by molar-refractivity contribution is 7.18. The molecule has 1 amide bonds. The molecule has 0 saturated carbocycles. The predicted octanol–water partition coefficient (Wildman–Crippen LogP) is 4.70. The summed E-state index contributed by atoms with van der Waals surface area (Å²) in [5.41, 5.74) is 1.79. The highest BCUT2D eigenvalue weighted by atomic mass is 32.1.